The van der Waals surface area contributed by atoms with Crippen molar-refractivity contribution in [3.05, 3.63) is 0 Å². The molecule has 0 aromatic carbocycles. The highest BCUT2D eigenvalue weighted by Gasteiger charge is 1.95. The molecular weight excluding hydrogens is 100 g/mol. The van der Waals surface area contributed by atoms with E-state index in [0.717, 1.165) is 12.5 Å². The fraction of sp³-hybridized carbons (Fsp3) is 1.00. The zero-order valence-corrected chi connectivity index (χ0v) is 6.11. The first-order valence-electron chi connectivity index (χ1n) is 3.30. The van der Waals surface area contributed by atoms with Gasteiger partial charge in [0.2, 0.25) is 0 Å². The first-order chi connectivity index (χ1) is 3.81. The first kappa shape index (κ1) is 7.96. The van der Waals surface area contributed by atoms with Gasteiger partial charge in [0.25, 0.3) is 0 Å². The fourth-order valence-electron chi connectivity index (χ4n) is 0.523. The van der Waals surface area contributed by atoms with Crippen molar-refractivity contribution in [1.82, 2.24) is 0 Å². The summed E-state index contributed by atoms with van der Waals surface area (Å²) in [7, 11) is 1.75. The van der Waals surface area contributed by atoms with Crippen LogP contribution in [0.5, 0.6) is 0 Å². The van der Waals surface area contributed by atoms with Crippen LogP contribution in [-0.2, 0) is 4.74 Å². The molecule has 0 N–H and O–H groups in total. The Morgan fingerprint density at radius 3 is 2.50 bits per heavy atom. The molecule has 1 nitrogen and oxygen atoms in total. The molecule has 0 aliphatic heterocycles. The summed E-state index contributed by atoms with van der Waals surface area (Å²) in [4.78, 5) is 0. The third kappa shape index (κ3) is 4.13. The van der Waals surface area contributed by atoms with Gasteiger partial charge in [-0.25, -0.2) is 0 Å². The van der Waals surface area contributed by atoms with Gasteiger partial charge in [0.1, 0.15) is 0 Å². The molecule has 1 atom stereocenters. The summed E-state index contributed by atoms with van der Waals surface area (Å²) < 4.78 is 4.91. The van der Waals surface area contributed by atoms with Crippen LogP contribution < -0.4 is 0 Å². The molecule has 50 valence electrons. The van der Waals surface area contributed by atoms with E-state index in [1.54, 1.807) is 7.11 Å². The first-order valence-corrected chi connectivity index (χ1v) is 3.30. The van der Waals surface area contributed by atoms with Gasteiger partial charge in [-0.2, -0.15) is 0 Å². The summed E-state index contributed by atoms with van der Waals surface area (Å²) in [6.45, 7) is 5.37. The Labute approximate surface area is 52.0 Å². The zero-order valence-electron chi connectivity index (χ0n) is 6.11. The lowest BCUT2D eigenvalue weighted by molar-refractivity contribution is 0.179. The van der Waals surface area contributed by atoms with Crippen molar-refractivity contribution in [2.24, 2.45) is 5.92 Å². The summed E-state index contributed by atoms with van der Waals surface area (Å²) in [6, 6.07) is 0. The summed E-state index contributed by atoms with van der Waals surface area (Å²) in [5.41, 5.74) is 0. The van der Waals surface area contributed by atoms with E-state index >= 15 is 0 Å². The Bertz CT molecular complexity index is 43.7. The van der Waals surface area contributed by atoms with Crippen LogP contribution in [0.15, 0.2) is 0 Å². The Kier molecular flexibility index (Phi) is 5.08. The van der Waals surface area contributed by atoms with Gasteiger partial charge in [-0.05, 0) is 12.3 Å². The minimum Gasteiger partial charge on any atom is -0.385 e. The number of hydrogen-bond donors (Lipinski definition) is 0. The summed E-state index contributed by atoms with van der Waals surface area (Å²) in [5, 5.41) is 0. The van der Waals surface area contributed by atoms with Crippen LogP contribution in [0.1, 0.15) is 26.7 Å². The molecule has 0 amide bonds. The summed E-state index contributed by atoms with van der Waals surface area (Å²) in [5.74, 6) is 0.829. The van der Waals surface area contributed by atoms with E-state index in [2.05, 4.69) is 13.8 Å². The van der Waals surface area contributed by atoms with Crippen LogP contribution in [0, 0.1) is 5.92 Å². The minimum absolute atomic E-state index is 0.829. The van der Waals surface area contributed by atoms with Crippen LogP contribution in [0.3, 0.4) is 0 Å². The molecule has 0 fully saturated rings. The van der Waals surface area contributed by atoms with Crippen LogP contribution in [-0.4, -0.2) is 13.7 Å². The molecule has 1 heteroatoms. The largest absolute Gasteiger partial charge is 0.385 e. The van der Waals surface area contributed by atoms with E-state index in [9.17, 15) is 0 Å². The monoisotopic (exact) mass is 116 g/mol. The average Bonchev–Trinajstić information content (AvgIpc) is 1.83. The maximum absolute atomic E-state index is 4.91. The molecule has 0 heterocycles. The third-order valence-corrected chi connectivity index (χ3v) is 1.51. The quantitative estimate of drug-likeness (QED) is 0.546. The fourth-order valence-corrected chi connectivity index (χ4v) is 0.523. The lowest BCUT2D eigenvalue weighted by atomic mass is 10.1. The van der Waals surface area contributed by atoms with E-state index in [1.807, 2.05) is 0 Å². The molecule has 0 saturated carbocycles. The van der Waals surface area contributed by atoms with E-state index in [1.165, 1.54) is 12.8 Å². The second kappa shape index (κ2) is 5.10. The van der Waals surface area contributed by atoms with Gasteiger partial charge in [-0.15, -0.1) is 0 Å². The van der Waals surface area contributed by atoms with Gasteiger partial charge in [-0.1, -0.05) is 20.3 Å². The number of hydrogen-bond acceptors (Lipinski definition) is 1. The minimum atomic E-state index is 0.829. The topological polar surface area (TPSA) is 9.23 Å². The van der Waals surface area contributed by atoms with Crippen molar-refractivity contribution in [2.45, 2.75) is 26.7 Å². The van der Waals surface area contributed by atoms with E-state index in [0.29, 0.717) is 0 Å². The summed E-state index contributed by atoms with van der Waals surface area (Å²) >= 11 is 0. The lowest BCUT2D eigenvalue weighted by Gasteiger charge is -2.04. The Balaban J connectivity index is 2.86. The Hall–Kier alpha value is -0.0400. The van der Waals surface area contributed by atoms with Crippen molar-refractivity contribution in [1.29, 1.82) is 0 Å². The normalized spacial score (nSPS) is 13.9. The lowest BCUT2D eigenvalue weighted by Crippen LogP contribution is -1.97. The van der Waals surface area contributed by atoms with Gasteiger partial charge in [0, 0.05) is 13.7 Å². The molecule has 0 aromatic rings. The molecule has 0 unspecified atom stereocenters. The van der Waals surface area contributed by atoms with Crippen molar-refractivity contribution >= 4 is 0 Å². The standard InChI is InChI=1S/C7H16O/c1-4-7(2)5-6-8-3/h7H,4-6H2,1-3H3/t7-/m0/s1. The van der Waals surface area contributed by atoms with Crippen LogP contribution in [0.2, 0.25) is 0 Å². The van der Waals surface area contributed by atoms with E-state index < -0.39 is 0 Å². The van der Waals surface area contributed by atoms with Gasteiger partial charge in [-0.3, -0.25) is 0 Å². The van der Waals surface area contributed by atoms with Gasteiger partial charge in [0.15, 0.2) is 0 Å². The average molecular weight is 116 g/mol. The third-order valence-electron chi connectivity index (χ3n) is 1.51. The molecule has 0 rings (SSSR count). The van der Waals surface area contributed by atoms with Gasteiger partial charge < -0.3 is 4.74 Å². The Morgan fingerprint density at radius 2 is 2.12 bits per heavy atom. The van der Waals surface area contributed by atoms with Crippen molar-refractivity contribution in [3.63, 3.8) is 0 Å². The molecule has 0 spiro atoms. The van der Waals surface area contributed by atoms with Gasteiger partial charge >= 0.3 is 0 Å². The maximum Gasteiger partial charge on any atom is 0.0464 e. The number of ether oxygens (including phenoxy) is 1. The number of rotatable bonds is 4. The predicted molar refractivity (Wildman–Crippen MR) is 35.9 cm³/mol. The molecule has 0 bridgehead atoms. The second-order valence-electron chi connectivity index (χ2n) is 2.29. The zero-order chi connectivity index (χ0) is 6.41. The van der Waals surface area contributed by atoms with Crippen molar-refractivity contribution < 1.29 is 4.74 Å². The second-order valence-corrected chi connectivity index (χ2v) is 2.29. The molecule has 0 aliphatic carbocycles. The molecule has 0 saturated heterocycles. The highest BCUT2D eigenvalue weighted by atomic mass is 16.5. The van der Waals surface area contributed by atoms with Crippen LogP contribution in [0.4, 0.5) is 0 Å². The van der Waals surface area contributed by atoms with Crippen molar-refractivity contribution in [2.75, 3.05) is 13.7 Å². The number of methoxy groups -OCH3 is 1. The SMILES string of the molecule is CC[C@H](C)CCOC. The maximum atomic E-state index is 4.91. The molecule has 0 radical (unpaired) electrons. The predicted octanol–water partition coefficient (Wildman–Crippen LogP) is 2.07. The molecule has 0 aliphatic rings. The Morgan fingerprint density at radius 1 is 1.50 bits per heavy atom. The van der Waals surface area contributed by atoms with E-state index in [4.69, 9.17) is 4.74 Å². The molecule has 0 aromatic heterocycles. The molecule has 8 heavy (non-hydrogen) atoms. The highest BCUT2D eigenvalue weighted by Crippen LogP contribution is 2.04. The van der Waals surface area contributed by atoms with Crippen LogP contribution >= 0.6 is 0 Å². The van der Waals surface area contributed by atoms with Gasteiger partial charge in [0.05, 0.1) is 0 Å². The smallest absolute Gasteiger partial charge is 0.0464 e. The molecular formula is C7H16O. The summed E-state index contributed by atoms with van der Waals surface area (Å²) in [6.07, 6.45) is 2.47. The van der Waals surface area contributed by atoms with E-state index in [-0.39, 0.29) is 0 Å². The highest BCUT2D eigenvalue weighted by molar-refractivity contribution is 4.46. The van der Waals surface area contributed by atoms with Crippen molar-refractivity contribution in [3.8, 4) is 0 Å². The van der Waals surface area contributed by atoms with Crippen LogP contribution in [0.25, 0.3) is 0 Å².